The molecule has 2 fully saturated rings. The number of amides is 3. The van der Waals surface area contributed by atoms with Crippen LogP contribution in [0.15, 0.2) is 53.4 Å². The summed E-state index contributed by atoms with van der Waals surface area (Å²) >= 11 is 0. The maximum atomic E-state index is 14.0. The van der Waals surface area contributed by atoms with Crippen LogP contribution < -0.4 is 10.1 Å². The molecule has 46 heavy (non-hydrogen) atoms. The van der Waals surface area contributed by atoms with Crippen LogP contribution in [0.1, 0.15) is 37.3 Å². The molecule has 2 aromatic carbocycles. The SMILES string of the molecule is CCC(F)(F)c1ccc(CNC(=O)[C@H]2CN(C(=O)N3CCC(C(=O)O)CC3)CCN2S(=O)(=O)c2ccc(OC(F)(F)F)cc2)cc1. The highest BCUT2D eigenvalue weighted by Crippen LogP contribution is 2.31. The van der Waals surface area contributed by atoms with E-state index in [1.807, 2.05) is 0 Å². The van der Waals surface area contributed by atoms with E-state index in [1.165, 1.54) is 41.0 Å². The van der Waals surface area contributed by atoms with E-state index in [0.29, 0.717) is 5.56 Å². The van der Waals surface area contributed by atoms with Crippen LogP contribution in [0.25, 0.3) is 0 Å². The van der Waals surface area contributed by atoms with E-state index < -0.39 is 69.2 Å². The molecule has 3 amide bonds. The number of carboxylic acid groups (broad SMARTS) is 1. The van der Waals surface area contributed by atoms with E-state index in [1.54, 1.807) is 0 Å². The van der Waals surface area contributed by atoms with Gasteiger partial charge in [-0.25, -0.2) is 22.0 Å². The second-order valence-corrected chi connectivity index (χ2v) is 12.8. The number of hydrogen-bond donors (Lipinski definition) is 2. The first-order valence-electron chi connectivity index (χ1n) is 14.4. The number of carbonyl (C=O) groups excluding carboxylic acids is 2. The van der Waals surface area contributed by atoms with Crippen molar-refractivity contribution >= 4 is 27.9 Å². The maximum Gasteiger partial charge on any atom is 0.573 e. The van der Waals surface area contributed by atoms with Crippen molar-refractivity contribution in [1.29, 1.82) is 0 Å². The lowest BCUT2D eigenvalue weighted by Gasteiger charge is -2.42. The Balaban J connectivity index is 1.53. The molecule has 11 nitrogen and oxygen atoms in total. The first-order chi connectivity index (χ1) is 21.5. The molecule has 0 aliphatic carbocycles. The number of aliphatic carboxylic acids is 1. The number of sulfonamides is 1. The van der Waals surface area contributed by atoms with Gasteiger partial charge >= 0.3 is 18.4 Å². The zero-order chi connectivity index (χ0) is 33.9. The molecule has 17 heteroatoms. The standard InChI is InChI=1S/C29H33F5N4O7S/c1-2-28(30,31)21-5-3-19(4-6-21)17-35-25(39)24-18-37(27(42)36-13-11-20(12-14-36)26(40)41)15-16-38(24)46(43,44)23-9-7-22(8-10-23)45-29(32,33)34/h3-10,20,24H,2,11-18H2,1H3,(H,35,39)(H,40,41)/t24-/m1/s1. The normalized spacial score (nSPS) is 18.7. The molecule has 2 aromatic rings. The first kappa shape index (κ1) is 34.9. The highest BCUT2D eigenvalue weighted by atomic mass is 32.2. The van der Waals surface area contributed by atoms with Gasteiger partial charge in [0.05, 0.1) is 10.8 Å². The number of alkyl halides is 5. The van der Waals surface area contributed by atoms with Crippen molar-refractivity contribution in [3.8, 4) is 5.75 Å². The lowest BCUT2D eigenvalue weighted by molar-refractivity contribution is -0.274. The van der Waals surface area contributed by atoms with Crippen LogP contribution >= 0.6 is 0 Å². The summed E-state index contributed by atoms with van der Waals surface area (Å²) in [6.45, 7) is 0.674. The van der Waals surface area contributed by atoms with Gasteiger partial charge < -0.3 is 25.0 Å². The van der Waals surface area contributed by atoms with Gasteiger partial charge in [0.2, 0.25) is 15.9 Å². The number of piperazine rings is 1. The Morgan fingerprint density at radius 3 is 2.07 bits per heavy atom. The van der Waals surface area contributed by atoms with Gasteiger partial charge in [-0.1, -0.05) is 31.2 Å². The predicted molar refractivity (Wildman–Crippen MR) is 152 cm³/mol. The zero-order valence-corrected chi connectivity index (χ0v) is 25.5. The van der Waals surface area contributed by atoms with Crippen LogP contribution in [0.4, 0.5) is 26.7 Å². The van der Waals surface area contributed by atoms with Crippen LogP contribution in [-0.4, -0.2) is 90.7 Å². The van der Waals surface area contributed by atoms with Gasteiger partial charge in [0.25, 0.3) is 5.92 Å². The van der Waals surface area contributed by atoms with E-state index in [4.69, 9.17) is 0 Å². The van der Waals surface area contributed by atoms with E-state index in [9.17, 15) is 49.9 Å². The summed E-state index contributed by atoms with van der Waals surface area (Å²) in [6, 6.07) is 6.74. The summed E-state index contributed by atoms with van der Waals surface area (Å²) in [6.07, 6.45) is -4.93. The average Bonchev–Trinajstić information content (AvgIpc) is 3.02. The Morgan fingerprint density at radius 1 is 0.913 bits per heavy atom. The molecule has 0 aromatic heterocycles. The molecule has 2 aliphatic heterocycles. The van der Waals surface area contributed by atoms with Gasteiger partial charge in [-0.3, -0.25) is 9.59 Å². The monoisotopic (exact) mass is 676 g/mol. The fraction of sp³-hybridized carbons (Fsp3) is 0.483. The van der Waals surface area contributed by atoms with Crippen LogP contribution in [0, 0.1) is 5.92 Å². The van der Waals surface area contributed by atoms with E-state index in [-0.39, 0.29) is 57.7 Å². The van der Waals surface area contributed by atoms with Gasteiger partial charge in [0, 0.05) is 51.3 Å². The van der Waals surface area contributed by atoms with E-state index in [0.717, 1.165) is 28.6 Å². The Bertz CT molecular complexity index is 1510. The van der Waals surface area contributed by atoms with Crippen molar-refractivity contribution in [3.63, 3.8) is 0 Å². The second-order valence-electron chi connectivity index (χ2n) is 11.0. The van der Waals surface area contributed by atoms with E-state index in [2.05, 4.69) is 10.1 Å². The molecule has 0 saturated carbocycles. The largest absolute Gasteiger partial charge is 0.573 e. The van der Waals surface area contributed by atoms with Crippen molar-refractivity contribution in [2.75, 3.05) is 32.7 Å². The molecule has 252 valence electrons. The third-order valence-electron chi connectivity index (χ3n) is 7.97. The van der Waals surface area contributed by atoms with Crippen molar-refractivity contribution in [2.45, 2.75) is 56.0 Å². The number of carboxylic acids is 1. The fourth-order valence-corrected chi connectivity index (χ4v) is 6.86. The summed E-state index contributed by atoms with van der Waals surface area (Å²) < 4.78 is 97.7. The molecule has 2 aliphatic rings. The van der Waals surface area contributed by atoms with Crippen LogP contribution in [0.2, 0.25) is 0 Å². The number of rotatable bonds is 9. The van der Waals surface area contributed by atoms with Gasteiger partial charge in [-0.15, -0.1) is 13.2 Å². The van der Waals surface area contributed by atoms with Gasteiger partial charge in [-0.05, 0) is 42.7 Å². The number of hydrogen-bond acceptors (Lipinski definition) is 6. The van der Waals surface area contributed by atoms with E-state index >= 15 is 0 Å². The summed E-state index contributed by atoms with van der Waals surface area (Å²) in [4.78, 5) is 40.5. The Labute approximate surface area is 261 Å². The first-order valence-corrected chi connectivity index (χ1v) is 15.8. The topological polar surface area (TPSA) is 137 Å². The number of benzene rings is 2. The quantitative estimate of drug-likeness (QED) is 0.384. The van der Waals surface area contributed by atoms with Crippen molar-refractivity contribution in [2.24, 2.45) is 5.92 Å². The number of piperidine rings is 1. The minimum atomic E-state index is -4.99. The molecular formula is C29H33F5N4O7S. The Hall–Kier alpha value is -3.99. The summed E-state index contributed by atoms with van der Waals surface area (Å²) in [5.41, 5.74) is 0.242. The molecular weight excluding hydrogens is 643 g/mol. The average molecular weight is 677 g/mol. The number of likely N-dealkylation sites (tertiary alicyclic amines) is 1. The van der Waals surface area contributed by atoms with Crippen molar-refractivity contribution < 1.29 is 54.6 Å². The van der Waals surface area contributed by atoms with Crippen LogP contribution in [0.5, 0.6) is 5.75 Å². The Morgan fingerprint density at radius 2 is 1.52 bits per heavy atom. The number of ether oxygens (including phenoxy) is 1. The minimum absolute atomic E-state index is 0.122. The lowest BCUT2D eigenvalue weighted by atomic mass is 9.97. The zero-order valence-electron chi connectivity index (χ0n) is 24.7. The molecule has 0 unspecified atom stereocenters. The summed E-state index contributed by atoms with van der Waals surface area (Å²) in [5, 5.41) is 11.8. The van der Waals surface area contributed by atoms with Crippen LogP contribution in [0.3, 0.4) is 0 Å². The minimum Gasteiger partial charge on any atom is -0.481 e. The highest BCUT2D eigenvalue weighted by Gasteiger charge is 2.43. The van der Waals surface area contributed by atoms with Gasteiger partial charge in [0.15, 0.2) is 0 Å². The molecule has 4 rings (SSSR count). The number of carbonyl (C=O) groups is 3. The summed E-state index contributed by atoms with van der Waals surface area (Å²) in [7, 11) is -4.48. The Kier molecular flexibility index (Phi) is 10.5. The molecule has 2 heterocycles. The van der Waals surface area contributed by atoms with Crippen molar-refractivity contribution in [3.05, 3.63) is 59.7 Å². The van der Waals surface area contributed by atoms with Gasteiger partial charge in [0.1, 0.15) is 11.8 Å². The van der Waals surface area contributed by atoms with Gasteiger partial charge in [-0.2, -0.15) is 4.31 Å². The second kappa shape index (κ2) is 13.8. The van der Waals surface area contributed by atoms with Crippen molar-refractivity contribution in [1.82, 2.24) is 19.4 Å². The lowest BCUT2D eigenvalue weighted by Crippen LogP contribution is -2.63. The number of nitrogens with zero attached hydrogens (tertiary/aromatic N) is 3. The molecule has 0 spiro atoms. The predicted octanol–water partition coefficient (Wildman–Crippen LogP) is 3.99. The fourth-order valence-electron chi connectivity index (χ4n) is 5.29. The molecule has 2 saturated heterocycles. The number of nitrogens with one attached hydrogen (secondary N) is 1. The van der Waals surface area contributed by atoms with Crippen LogP contribution in [-0.2, 0) is 32.1 Å². The number of urea groups is 1. The molecule has 0 radical (unpaired) electrons. The maximum absolute atomic E-state index is 14.0. The number of halogens is 5. The third-order valence-corrected chi connectivity index (χ3v) is 9.89. The molecule has 2 N–H and O–H groups in total. The smallest absolute Gasteiger partial charge is 0.481 e. The third kappa shape index (κ3) is 8.23. The summed E-state index contributed by atoms with van der Waals surface area (Å²) in [5.74, 6) is -6.04. The highest BCUT2D eigenvalue weighted by molar-refractivity contribution is 7.89. The molecule has 1 atom stereocenters. The molecule has 0 bridgehead atoms.